The van der Waals surface area contributed by atoms with Crippen LogP contribution in [-0.2, 0) is 10.2 Å². The third-order valence-electron chi connectivity index (χ3n) is 3.17. The molecule has 1 aliphatic rings. The van der Waals surface area contributed by atoms with E-state index in [4.69, 9.17) is 5.73 Å². The molecule has 4 N–H and O–H groups in total. The lowest BCUT2D eigenvalue weighted by Gasteiger charge is -2.25. The molecule has 1 fully saturated rings. The molecular weight excluding hydrogens is 230 g/mol. The van der Waals surface area contributed by atoms with E-state index in [9.17, 15) is 18.7 Å². The van der Waals surface area contributed by atoms with Gasteiger partial charge in [0.25, 0.3) is 0 Å². The van der Waals surface area contributed by atoms with Crippen molar-refractivity contribution in [2.45, 2.75) is 11.8 Å². The standard InChI is InChI=1S/C11H12F2N2O2/c12-6-1-2-7(14)8(9(6)13)11(10(16)17)3-4-15-5-11/h1-2,15H,3-5,14H2,(H,16,17). The zero-order valence-corrected chi connectivity index (χ0v) is 8.96. The van der Waals surface area contributed by atoms with Crippen molar-refractivity contribution in [1.29, 1.82) is 0 Å². The lowest BCUT2D eigenvalue weighted by molar-refractivity contribution is -0.143. The van der Waals surface area contributed by atoms with Crippen LogP contribution in [0.4, 0.5) is 14.5 Å². The van der Waals surface area contributed by atoms with E-state index in [2.05, 4.69) is 5.32 Å². The summed E-state index contributed by atoms with van der Waals surface area (Å²) in [5, 5.41) is 12.1. The van der Waals surface area contributed by atoms with Gasteiger partial charge in [0.05, 0.1) is 0 Å². The highest BCUT2D eigenvalue weighted by Gasteiger charge is 2.46. The minimum Gasteiger partial charge on any atom is -0.481 e. The van der Waals surface area contributed by atoms with Crippen molar-refractivity contribution in [3.63, 3.8) is 0 Å². The number of carbonyl (C=O) groups is 1. The Morgan fingerprint density at radius 1 is 1.47 bits per heavy atom. The Bertz CT molecular complexity index is 471. The molecule has 0 spiro atoms. The smallest absolute Gasteiger partial charge is 0.315 e. The molecule has 0 aromatic heterocycles. The van der Waals surface area contributed by atoms with Crippen molar-refractivity contribution < 1.29 is 18.7 Å². The van der Waals surface area contributed by atoms with E-state index in [0.717, 1.165) is 6.07 Å². The number of rotatable bonds is 2. The maximum atomic E-state index is 13.8. The number of nitrogens with two attached hydrogens (primary N) is 1. The second-order valence-corrected chi connectivity index (χ2v) is 4.14. The molecule has 4 nitrogen and oxygen atoms in total. The topological polar surface area (TPSA) is 75.4 Å². The van der Waals surface area contributed by atoms with Crippen LogP contribution in [-0.4, -0.2) is 24.2 Å². The molecule has 1 aromatic carbocycles. The fraction of sp³-hybridized carbons (Fsp3) is 0.364. The number of nitrogens with one attached hydrogen (secondary N) is 1. The molecule has 0 bridgehead atoms. The SMILES string of the molecule is Nc1ccc(F)c(F)c1C1(C(=O)O)CCNC1. The van der Waals surface area contributed by atoms with Crippen LogP contribution in [0.1, 0.15) is 12.0 Å². The van der Waals surface area contributed by atoms with Gasteiger partial charge in [-0.2, -0.15) is 0 Å². The summed E-state index contributed by atoms with van der Waals surface area (Å²) in [5.74, 6) is -3.45. The highest BCUT2D eigenvalue weighted by atomic mass is 19.2. The maximum Gasteiger partial charge on any atom is 0.315 e. The quantitative estimate of drug-likeness (QED) is 0.672. The lowest BCUT2D eigenvalue weighted by Crippen LogP contribution is -2.39. The summed E-state index contributed by atoms with van der Waals surface area (Å²) < 4.78 is 27.0. The van der Waals surface area contributed by atoms with E-state index in [1.54, 1.807) is 0 Å². The van der Waals surface area contributed by atoms with Gasteiger partial charge < -0.3 is 16.2 Å². The second-order valence-electron chi connectivity index (χ2n) is 4.14. The summed E-state index contributed by atoms with van der Waals surface area (Å²) in [6, 6.07) is 2.09. The molecule has 1 heterocycles. The predicted octanol–water partition coefficient (Wildman–Crippen LogP) is 0.863. The molecule has 0 amide bonds. The third kappa shape index (κ3) is 1.64. The van der Waals surface area contributed by atoms with E-state index in [-0.39, 0.29) is 24.2 Å². The summed E-state index contributed by atoms with van der Waals surface area (Å²) in [4.78, 5) is 11.4. The average molecular weight is 242 g/mol. The molecule has 1 aliphatic heterocycles. The molecule has 0 saturated carbocycles. The molecule has 1 aromatic rings. The van der Waals surface area contributed by atoms with Gasteiger partial charge in [-0.1, -0.05) is 0 Å². The Morgan fingerprint density at radius 3 is 2.71 bits per heavy atom. The van der Waals surface area contributed by atoms with Crippen LogP contribution in [0.25, 0.3) is 0 Å². The van der Waals surface area contributed by atoms with Crippen LogP contribution in [0.3, 0.4) is 0 Å². The first-order valence-corrected chi connectivity index (χ1v) is 5.17. The van der Waals surface area contributed by atoms with Gasteiger partial charge in [0.2, 0.25) is 0 Å². The normalized spacial score (nSPS) is 23.9. The number of anilines is 1. The van der Waals surface area contributed by atoms with Gasteiger partial charge in [0.15, 0.2) is 11.6 Å². The molecule has 1 atom stereocenters. The Kier molecular flexibility index (Phi) is 2.74. The summed E-state index contributed by atoms with van der Waals surface area (Å²) >= 11 is 0. The number of hydrogen-bond acceptors (Lipinski definition) is 3. The fourth-order valence-corrected chi connectivity index (χ4v) is 2.25. The van der Waals surface area contributed by atoms with E-state index < -0.39 is 23.0 Å². The molecule has 2 rings (SSSR count). The van der Waals surface area contributed by atoms with Gasteiger partial charge >= 0.3 is 5.97 Å². The third-order valence-corrected chi connectivity index (χ3v) is 3.17. The number of aliphatic carboxylic acids is 1. The molecule has 6 heteroatoms. The summed E-state index contributed by atoms with van der Waals surface area (Å²) in [5.41, 5.74) is 3.83. The Hall–Kier alpha value is -1.69. The first-order valence-electron chi connectivity index (χ1n) is 5.17. The molecular formula is C11H12F2N2O2. The number of carboxylic acids is 1. The maximum absolute atomic E-state index is 13.8. The Balaban J connectivity index is 2.66. The molecule has 0 radical (unpaired) electrons. The summed E-state index contributed by atoms with van der Waals surface area (Å²) in [6.45, 7) is 0.481. The Morgan fingerprint density at radius 2 is 2.18 bits per heavy atom. The minimum absolute atomic E-state index is 0.0324. The van der Waals surface area contributed by atoms with Crippen molar-refractivity contribution in [3.8, 4) is 0 Å². The molecule has 1 unspecified atom stereocenters. The summed E-state index contributed by atoms with van der Waals surface area (Å²) in [6.07, 6.45) is 0.187. The van der Waals surface area contributed by atoms with Crippen LogP contribution in [0, 0.1) is 11.6 Å². The molecule has 1 saturated heterocycles. The number of halogens is 2. The van der Waals surface area contributed by atoms with E-state index in [0.29, 0.717) is 6.54 Å². The van der Waals surface area contributed by atoms with Gasteiger partial charge in [-0.15, -0.1) is 0 Å². The first kappa shape index (κ1) is 11.8. The summed E-state index contributed by atoms with van der Waals surface area (Å²) in [7, 11) is 0. The molecule has 0 aliphatic carbocycles. The fourth-order valence-electron chi connectivity index (χ4n) is 2.25. The lowest BCUT2D eigenvalue weighted by atomic mass is 9.78. The number of benzene rings is 1. The van der Waals surface area contributed by atoms with Crippen LogP contribution in [0.15, 0.2) is 12.1 Å². The predicted molar refractivity (Wildman–Crippen MR) is 57.6 cm³/mol. The van der Waals surface area contributed by atoms with E-state index in [1.165, 1.54) is 6.07 Å². The highest BCUT2D eigenvalue weighted by Crippen LogP contribution is 2.37. The van der Waals surface area contributed by atoms with Crippen LogP contribution < -0.4 is 11.1 Å². The minimum atomic E-state index is -1.48. The van der Waals surface area contributed by atoms with Gasteiger partial charge in [-0.25, -0.2) is 8.78 Å². The Labute approximate surface area is 96.4 Å². The van der Waals surface area contributed by atoms with Crippen molar-refractivity contribution in [2.75, 3.05) is 18.8 Å². The highest BCUT2D eigenvalue weighted by molar-refractivity contribution is 5.84. The van der Waals surface area contributed by atoms with Gasteiger partial charge in [-0.3, -0.25) is 4.79 Å². The average Bonchev–Trinajstić information content (AvgIpc) is 2.74. The number of hydrogen-bond donors (Lipinski definition) is 3. The van der Waals surface area contributed by atoms with Crippen LogP contribution in [0.5, 0.6) is 0 Å². The monoisotopic (exact) mass is 242 g/mol. The second kappa shape index (κ2) is 3.96. The van der Waals surface area contributed by atoms with Gasteiger partial charge in [0.1, 0.15) is 5.41 Å². The number of nitrogen functional groups attached to an aromatic ring is 1. The zero-order chi connectivity index (χ0) is 12.6. The van der Waals surface area contributed by atoms with Gasteiger partial charge in [0, 0.05) is 17.8 Å². The first-order chi connectivity index (χ1) is 7.99. The van der Waals surface area contributed by atoms with E-state index >= 15 is 0 Å². The van der Waals surface area contributed by atoms with Crippen molar-refractivity contribution in [3.05, 3.63) is 29.3 Å². The van der Waals surface area contributed by atoms with E-state index in [1.807, 2.05) is 0 Å². The van der Waals surface area contributed by atoms with Crippen LogP contribution in [0.2, 0.25) is 0 Å². The van der Waals surface area contributed by atoms with Gasteiger partial charge in [-0.05, 0) is 25.1 Å². The van der Waals surface area contributed by atoms with Crippen molar-refractivity contribution in [2.24, 2.45) is 0 Å². The van der Waals surface area contributed by atoms with Crippen LogP contribution >= 0.6 is 0 Å². The zero-order valence-electron chi connectivity index (χ0n) is 8.96. The van der Waals surface area contributed by atoms with Crippen molar-refractivity contribution >= 4 is 11.7 Å². The largest absolute Gasteiger partial charge is 0.481 e. The van der Waals surface area contributed by atoms with Crippen molar-refractivity contribution in [1.82, 2.24) is 5.32 Å². The molecule has 17 heavy (non-hydrogen) atoms. The molecule has 92 valence electrons. The number of carboxylic acid groups (broad SMARTS) is 1.